The van der Waals surface area contributed by atoms with Crippen molar-refractivity contribution in [1.82, 2.24) is 10.2 Å². The number of nitrogens with one attached hydrogen (secondary N) is 1. The number of hydrogen-bond donors (Lipinski definition) is 1. The lowest BCUT2D eigenvalue weighted by Gasteiger charge is -2.09. The van der Waals surface area contributed by atoms with Crippen LogP contribution >= 0.6 is 11.6 Å². The molecular weight excluding hydrogens is 260 g/mol. The summed E-state index contributed by atoms with van der Waals surface area (Å²) in [7, 11) is 4.07. The molecular formula is C15H23ClN2O. The summed E-state index contributed by atoms with van der Waals surface area (Å²) in [6.45, 7) is 1.77. The van der Waals surface area contributed by atoms with Gasteiger partial charge in [0.05, 0.1) is 0 Å². The number of benzene rings is 1. The maximum Gasteiger partial charge on any atom is 0.220 e. The number of rotatable bonds is 8. The number of carbonyl (C=O) groups is 1. The van der Waals surface area contributed by atoms with Gasteiger partial charge >= 0.3 is 0 Å². The van der Waals surface area contributed by atoms with Crippen LogP contribution in [0.25, 0.3) is 0 Å². The zero-order valence-corrected chi connectivity index (χ0v) is 12.5. The van der Waals surface area contributed by atoms with Gasteiger partial charge in [0.15, 0.2) is 0 Å². The van der Waals surface area contributed by atoms with Crippen LogP contribution in [0, 0.1) is 0 Å². The normalized spacial score (nSPS) is 10.7. The number of halogens is 1. The monoisotopic (exact) mass is 282 g/mol. The molecule has 19 heavy (non-hydrogen) atoms. The van der Waals surface area contributed by atoms with Crippen LogP contribution in [0.5, 0.6) is 0 Å². The molecule has 4 heteroatoms. The van der Waals surface area contributed by atoms with Crippen LogP contribution < -0.4 is 5.32 Å². The molecule has 0 atom stereocenters. The molecule has 1 amide bonds. The first-order valence-electron chi connectivity index (χ1n) is 6.74. The summed E-state index contributed by atoms with van der Waals surface area (Å²) in [5.74, 6) is 0.146. The molecule has 0 aliphatic rings. The SMILES string of the molecule is CN(C)CCCNC(=O)CCCc1ccc(Cl)cc1. The number of aryl methyl sites for hydroxylation is 1. The van der Waals surface area contributed by atoms with E-state index in [9.17, 15) is 4.79 Å². The summed E-state index contributed by atoms with van der Waals surface area (Å²) in [6.07, 6.45) is 3.38. The van der Waals surface area contributed by atoms with Crippen molar-refractivity contribution in [2.24, 2.45) is 0 Å². The highest BCUT2D eigenvalue weighted by Crippen LogP contribution is 2.11. The Morgan fingerprint density at radius 3 is 2.53 bits per heavy atom. The van der Waals surface area contributed by atoms with E-state index in [4.69, 9.17) is 11.6 Å². The Balaban J connectivity index is 2.08. The van der Waals surface area contributed by atoms with Gasteiger partial charge in [0, 0.05) is 18.0 Å². The summed E-state index contributed by atoms with van der Waals surface area (Å²) in [4.78, 5) is 13.7. The molecule has 0 unspecified atom stereocenters. The quantitative estimate of drug-likeness (QED) is 0.744. The number of amides is 1. The van der Waals surface area contributed by atoms with E-state index in [1.54, 1.807) is 0 Å². The first kappa shape index (κ1) is 16.0. The Morgan fingerprint density at radius 2 is 1.89 bits per heavy atom. The van der Waals surface area contributed by atoms with Gasteiger partial charge in [-0.25, -0.2) is 0 Å². The number of nitrogens with zero attached hydrogens (tertiary/aromatic N) is 1. The standard InChI is InChI=1S/C15H23ClN2O/c1-18(2)12-4-11-17-15(19)6-3-5-13-7-9-14(16)10-8-13/h7-10H,3-6,11-12H2,1-2H3,(H,17,19). The van der Waals surface area contributed by atoms with Gasteiger partial charge < -0.3 is 10.2 Å². The predicted octanol–water partition coefficient (Wildman–Crippen LogP) is 2.73. The minimum atomic E-state index is 0.146. The lowest BCUT2D eigenvalue weighted by molar-refractivity contribution is -0.121. The molecule has 0 fully saturated rings. The molecule has 0 aliphatic heterocycles. The Kier molecular flexibility index (Phi) is 7.53. The van der Waals surface area contributed by atoms with Crippen LogP contribution in [0.1, 0.15) is 24.8 Å². The summed E-state index contributed by atoms with van der Waals surface area (Å²) < 4.78 is 0. The topological polar surface area (TPSA) is 32.3 Å². The number of hydrogen-bond acceptors (Lipinski definition) is 2. The van der Waals surface area contributed by atoms with Crippen LogP contribution in [-0.2, 0) is 11.2 Å². The second-order valence-corrected chi connectivity index (χ2v) is 5.42. The second kappa shape index (κ2) is 8.94. The molecule has 0 heterocycles. The fourth-order valence-corrected chi connectivity index (χ4v) is 1.94. The Morgan fingerprint density at radius 1 is 1.21 bits per heavy atom. The molecule has 3 nitrogen and oxygen atoms in total. The fraction of sp³-hybridized carbons (Fsp3) is 0.533. The van der Waals surface area contributed by atoms with Crippen LogP contribution in [-0.4, -0.2) is 38.0 Å². The average Bonchev–Trinajstić information content (AvgIpc) is 2.37. The fourth-order valence-electron chi connectivity index (χ4n) is 1.82. The number of carbonyl (C=O) groups excluding carboxylic acids is 1. The molecule has 0 saturated heterocycles. The predicted molar refractivity (Wildman–Crippen MR) is 80.6 cm³/mol. The summed E-state index contributed by atoms with van der Waals surface area (Å²) in [5.41, 5.74) is 1.23. The van der Waals surface area contributed by atoms with E-state index >= 15 is 0 Å². The van der Waals surface area contributed by atoms with Crippen LogP contribution in [0.15, 0.2) is 24.3 Å². The van der Waals surface area contributed by atoms with Gasteiger partial charge in [-0.3, -0.25) is 4.79 Å². The van der Waals surface area contributed by atoms with E-state index < -0.39 is 0 Å². The molecule has 0 spiro atoms. The molecule has 0 aromatic heterocycles. The van der Waals surface area contributed by atoms with Gasteiger partial charge in [-0.05, 0) is 57.6 Å². The van der Waals surface area contributed by atoms with Gasteiger partial charge in [0.1, 0.15) is 0 Å². The van der Waals surface area contributed by atoms with E-state index in [0.717, 1.165) is 37.4 Å². The minimum absolute atomic E-state index is 0.146. The van der Waals surface area contributed by atoms with E-state index in [-0.39, 0.29) is 5.91 Å². The summed E-state index contributed by atoms with van der Waals surface area (Å²) >= 11 is 5.82. The van der Waals surface area contributed by atoms with Crippen LogP contribution in [0.3, 0.4) is 0 Å². The van der Waals surface area contributed by atoms with Crippen molar-refractivity contribution in [3.05, 3.63) is 34.9 Å². The molecule has 1 N–H and O–H groups in total. The first-order valence-corrected chi connectivity index (χ1v) is 7.11. The third-order valence-electron chi connectivity index (χ3n) is 2.89. The maximum absolute atomic E-state index is 11.6. The van der Waals surface area contributed by atoms with Gasteiger partial charge in [0.2, 0.25) is 5.91 Å². The molecule has 0 saturated carbocycles. The van der Waals surface area contributed by atoms with Gasteiger partial charge in [-0.1, -0.05) is 23.7 Å². The highest BCUT2D eigenvalue weighted by molar-refractivity contribution is 6.30. The van der Waals surface area contributed by atoms with Crippen molar-refractivity contribution in [1.29, 1.82) is 0 Å². The lowest BCUT2D eigenvalue weighted by Crippen LogP contribution is -2.26. The third kappa shape index (κ3) is 7.85. The van der Waals surface area contributed by atoms with E-state index in [2.05, 4.69) is 10.2 Å². The lowest BCUT2D eigenvalue weighted by atomic mass is 10.1. The van der Waals surface area contributed by atoms with Gasteiger partial charge in [-0.2, -0.15) is 0 Å². The molecule has 1 aromatic carbocycles. The summed E-state index contributed by atoms with van der Waals surface area (Å²) in [5, 5.41) is 3.70. The molecule has 0 radical (unpaired) electrons. The van der Waals surface area contributed by atoms with Crippen molar-refractivity contribution in [2.75, 3.05) is 27.2 Å². The zero-order chi connectivity index (χ0) is 14.1. The molecule has 0 aliphatic carbocycles. The first-order chi connectivity index (χ1) is 9.08. The van der Waals surface area contributed by atoms with E-state index in [0.29, 0.717) is 6.42 Å². The van der Waals surface area contributed by atoms with Crippen molar-refractivity contribution >= 4 is 17.5 Å². The second-order valence-electron chi connectivity index (χ2n) is 4.99. The zero-order valence-electron chi connectivity index (χ0n) is 11.8. The Hall–Kier alpha value is -1.06. The molecule has 0 bridgehead atoms. The van der Waals surface area contributed by atoms with Gasteiger partial charge in [0.25, 0.3) is 0 Å². The summed E-state index contributed by atoms with van der Waals surface area (Å²) in [6, 6.07) is 7.80. The average molecular weight is 283 g/mol. The highest BCUT2D eigenvalue weighted by Gasteiger charge is 2.01. The van der Waals surface area contributed by atoms with Crippen molar-refractivity contribution in [2.45, 2.75) is 25.7 Å². The van der Waals surface area contributed by atoms with Crippen LogP contribution in [0.2, 0.25) is 5.02 Å². The molecule has 1 rings (SSSR count). The smallest absolute Gasteiger partial charge is 0.220 e. The van der Waals surface area contributed by atoms with E-state index in [1.807, 2.05) is 38.4 Å². The van der Waals surface area contributed by atoms with E-state index in [1.165, 1.54) is 5.56 Å². The Bertz CT molecular complexity index is 376. The highest BCUT2D eigenvalue weighted by atomic mass is 35.5. The molecule has 1 aromatic rings. The van der Waals surface area contributed by atoms with Crippen LogP contribution in [0.4, 0.5) is 0 Å². The minimum Gasteiger partial charge on any atom is -0.356 e. The van der Waals surface area contributed by atoms with Crippen molar-refractivity contribution in [3.8, 4) is 0 Å². The van der Waals surface area contributed by atoms with Gasteiger partial charge in [-0.15, -0.1) is 0 Å². The Labute approximate surface area is 120 Å². The third-order valence-corrected chi connectivity index (χ3v) is 3.14. The maximum atomic E-state index is 11.6. The van der Waals surface area contributed by atoms with Crippen molar-refractivity contribution in [3.63, 3.8) is 0 Å². The largest absolute Gasteiger partial charge is 0.356 e. The molecule has 106 valence electrons. The van der Waals surface area contributed by atoms with Crippen molar-refractivity contribution < 1.29 is 4.79 Å².